The minimum atomic E-state index is -4.36. The zero-order valence-corrected chi connectivity index (χ0v) is 29.7. The van der Waals surface area contributed by atoms with Gasteiger partial charge in [-0.3, -0.25) is 13.9 Å². The van der Waals surface area contributed by atoms with Gasteiger partial charge in [0, 0.05) is 24.6 Å². The molecule has 1 unspecified atom stereocenters. The van der Waals surface area contributed by atoms with E-state index in [0.29, 0.717) is 18.1 Å². The van der Waals surface area contributed by atoms with Crippen LogP contribution in [-0.2, 0) is 32.6 Å². The third-order valence-corrected chi connectivity index (χ3v) is 9.39. The van der Waals surface area contributed by atoms with Crippen molar-refractivity contribution in [2.45, 2.75) is 57.1 Å². The van der Waals surface area contributed by atoms with Crippen LogP contribution in [0.2, 0.25) is 0 Å². The highest BCUT2D eigenvalue weighted by molar-refractivity contribution is 7.92. The van der Waals surface area contributed by atoms with E-state index in [1.165, 1.54) is 37.3 Å². The molecule has 2 amide bonds. The van der Waals surface area contributed by atoms with E-state index in [1.54, 1.807) is 24.3 Å². The minimum Gasteiger partial charge on any atom is -0.494 e. The van der Waals surface area contributed by atoms with E-state index in [1.807, 2.05) is 88.4 Å². The normalized spacial score (nSPS) is 12.0. The van der Waals surface area contributed by atoms with Crippen LogP contribution in [0.15, 0.2) is 108 Å². The monoisotopic (exact) mass is 687 g/mol. The van der Waals surface area contributed by atoms with Gasteiger partial charge in [-0.15, -0.1) is 0 Å². The van der Waals surface area contributed by atoms with Crippen LogP contribution < -0.4 is 23.8 Å². The summed E-state index contributed by atoms with van der Waals surface area (Å²) in [6.45, 7) is 7.38. The predicted octanol–water partition coefficient (Wildman–Crippen LogP) is 5.85. The SMILES string of the molecule is CCOc1ccc(N(CC(=O)N(Cc2ccccc2)C(Cc2ccccc2)C(=O)NC(C)(C)C)S(=O)(=O)c2ccc(OC)c(OC)c2)cc1. The molecular formula is C38H45N3O7S. The van der Waals surface area contributed by atoms with Crippen molar-refractivity contribution in [3.8, 4) is 17.2 Å². The summed E-state index contributed by atoms with van der Waals surface area (Å²) in [6.07, 6.45) is 0.215. The molecule has 1 N–H and O–H groups in total. The summed E-state index contributed by atoms with van der Waals surface area (Å²) in [4.78, 5) is 30.1. The number of rotatable bonds is 15. The quantitative estimate of drug-likeness (QED) is 0.167. The van der Waals surface area contributed by atoms with Crippen LogP contribution >= 0.6 is 0 Å². The third kappa shape index (κ3) is 9.76. The maximum atomic E-state index is 14.7. The number of ether oxygens (including phenoxy) is 3. The number of carbonyl (C=O) groups excluding carboxylic acids is 2. The number of sulfonamides is 1. The Morgan fingerprint density at radius 3 is 1.94 bits per heavy atom. The molecule has 49 heavy (non-hydrogen) atoms. The number of nitrogens with one attached hydrogen (secondary N) is 1. The molecule has 0 saturated heterocycles. The highest BCUT2D eigenvalue weighted by Gasteiger charge is 2.36. The first-order chi connectivity index (χ1) is 23.4. The van der Waals surface area contributed by atoms with E-state index < -0.39 is 34.1 Å². The van der Waals surface area contributed by atoms with Gasteiger partial charge in [0.2, 0.25) is 11.8 Å². The van der Waals surface area contributed by atoms with Crippen molar-refractivity contribution in [1.82, 2.24) is 10.2 Å². The number of hydrogen-bond acceptors (Lipinski definition) is 7. The molecule has 0 aliphatic heterocycles. The first kappa shape index (κ1) is 36.8. The number of benzene rings is 4. The fourth-order valence-corrected chi connectivity index (χ4v) is 6.73. The van der Waals surface area contributed by atoms with Gasteiger partial charge in [-0.25, -0.2) is 8.42 Å². The van der Waals surface area contributed by atoms with Gasteiger partial charge >= 0.3 is 0 Å². The van der Waals surface area contributed by atoms with Crippen molar-refractivity contribution in [2.75, 3.05) is 31.7 Å². The lowest BCUT2D eigenvalue weighted by Crippen LogP contribution is -2.56. The Bertz CT molecular complexity index is 1790. The van der Waals surface area contributed by atoms with Crippen LogP contribution in [0.3, 0.4) is 0 Å². The number of amides is 2. The van der Waals surface area contributed by atoms with Gasteiger partial charge in [0.25, 0.3) is 10.0 Å². The van der Waals surface area contributed by atoms with Crippen LogP contribution in [0.4, 0.5) is 5.69 Å². The lowest BCUT2D eigenvalue weighted by molar-refractivity contribution is -0.140. The Balaban J connectivity index is 1.83. The smallest absolute Gasteiger partial charge is 0.264 e. The molecule has 0 saturated carbocycles. The average molecular weight is 688 g/mol. The van der Waals surface area contributed by atoms with Crippen LogP contribution in [0, 0.1) is 0 Å². The Morgan fingerprint density at radius 1 is 0.796 bits per heavy atom. The van der Waals surface area contributed by atoms with Gasteiger partial charge < -0.3 is 24.4 Å². The van der Waals surface area contributed by atoms with Gasteiger partial charge in [-0.1, -0.05) is 60.7 Å². The van der Waals surface area contributed by atoms with Crippen molar-refractivity contribution in [1.29, 1.82) is 0 Å². The molecule has 0 bridgehead atoms. The second-order valence-corrected chi connectivity index (χ2v) is 14.3. The highest BCUT2D eigenvalue weighted by atomic mass is 32.2. The molecule has 0 radical (unpaired) electrons. The highest BCUT2D eigenvalue weighted by Crippen LogP contribution is 2.33. The minimum absolute atomic E-state index is 0.0717. The van der Waals surface area contributed by atoms with Crippen molar-refractivity contribution in [3.05, 3.63) is 114 Å². The van der Waals surface area contributed by atoms with Gasteiger partial charge in [-0.05, 0) is 75.2 Å². The maximum absolute atomic E-state index is 14.7. The maximum Gasteiger partial charge on any atom is 0.264 e. The molecule has 4 rings (SSSR count). The number of nitrogens with zero attached hydrogens (tertiary/aromatic N) is 2. The fraction of sp³-hybridized carbons (Fsp3) is 0.316. The van der Waals surface area contributed by atoms with Crippen molar-refractivity contribution < 1.29 is 32.2 Å². The standard InChI is InChI=1S/C38H45N3O7S/c1-7-48-31-20-18-30(19-21-31)41(49(44,45)32-22-23-34(46-5)35(25-32)47-6)27-36(42)40(26-29-16-12-9-13-17-29)33(37(43)39-38(2,3)4)24-28-14-10-8-11-15-28/h8-23,25,33H,7,24,26-27H2,1-6H3,(H,39,43). The third-order valence-electron chi connectivity index (χ3n) is 7.62. The Morgan fingerprint density at radius 2 is 1.39 bits per heavy atom. The molecule has 0 spiro atoms. The summed E-state index contributed by atoms with van der Waals surface area (Å²) in [5.41, 5.74) is 1.29. The topological polar surface area (TPSA) is 114 Å². The number of anilines is 1. The van der Waals surface area contributed by atoms with Gasteiger partial charge in [0.15, 0.2) is 11.5 Å². The Hall–Kier alpha value is -5.03. The zero-order chi connectivity index (χ0) is 35.6. The largest absolute Gasteiger partial charge is 0.494 e. The van der Waals surface area contributed by atoms with Crippen molar-refractivity contribution >= 4 is 27.5 Å². The summed E-state index contributed by atoms with van der Waals surface area (Å²) < 4.78 is 46.3. The Kier molecular flexibility index (Phi) is 12.3. The molecule has 0 aliphatic carbocycles. The zero-order valence-electron chi connectivity index (χ0n) is 28.9. The van der Waals surface area contributed by atoms with Crippen LogP contribution in [-0.4, -0.2) is 64.1 Å². The Labute approximate surface area is 289 Å². The van der Waals surface area contributed by atoms with E-state index in [9.17, 15) is 18.0 Å². The second-order valence-electron chi connectivity index (χ2n) is 12.4. The first-order valence-electron chi connectivity index (χ1n) is 16.0. The van der Waals surface area contributed by atoms with Crippen molar-refractivity contribution in [2.24, 2.45) is 0 Å². The number of methoxy groups -OCH3 is 2. The molecule has 260 valence electrons. The van der Waals surface area contributed by atoms with Gasteiger partial charge in [-0.2, -0.15) is 0 Å². The summed E-state index contributed by atoms with van der Waals surface area (Å²) in [5, 5.41) is 3.04. The van der Waals surface area contributed by atoms with Crippen LogP contribution in [0.25, 0.3) is 0 Å². The fourth-order valence-electron chi connectivity index (χ4n) is 5.30. The predicted molar refractivity (Wildman–Crippen MR) is 191 cm³/mol. The summed E-state index contributed by atoms with van der Waals surface area (Å²) in [6, 6.07) is 28.5. The van der Waals surface area contributed by atoms with Crippen LogP contribution in [0.1, 0.15) is 38.8 Å². The molecule has 0 aliphatic rings. The summed E-state index contributed by atoms with van der Waals surface area (Å²) >= 11 is 0. The molecule has 1 atom stereocenters. The first-order valence-corrected chi connectivity index (χ1v) is 17.5. The molecule has 11 heteroatoms. The summed E-state index contributed by atoms with van der Waals surface area (Å²) in [7, 11) is -1.49. The van der Waals surface area contributed by atoms with Gasteiger partial charge in [0.1, 0.15) is 18.3 Å². The second kappa shape index (κ2) is 16.4. The number of hydrogen-bond donors (Lipinski definition) is 1. The molecule has 10 nitrogen and oxygen atoms in total. The molecular weight excluding hydrogens is 642 g/mol. The van der Waals surface area contributed by atoms with Crippen molar-refractivity contribution in [3.63, 3.8) is 0 Å². The van der Waals surface area contributed by atoms with E-state index in [4.69, 9.17) is 14.2 Å². The molecule has 4 aromatic rings. The van der Waals surface area contributed by atoms with E-state index in [0.717, 1.165) is 15.4 Å². The molecule has 0 heterocycles. The summed E-state index contributed by atoms with van der Waals surface area (Å²) in [5.74, 6) is 0.207. The average Bonchev–Trinajstić information content (AvgIpc) is 3.09. The van der Waals surface area contributed by atoms with Crippen LogP contribution in [0.5, 0.6) is 17.2 Å². The number of carbonyl (C=O) groups is 2. The van der Waals surface area contributed by atoms with E-state index in [-0.39, 0.29) is 35.2 Å². The molecule has 0 fully saturated rings. The lowest BCUT2D eigenvalue weighted by atomic mass is 10.0. The van der Waals surface area contributed by atoms with Gasteiger partial charge in [0.05, 0.1) is 31.4 Å². The lowest BCUT2D eigenvalue weighted by Gasteiger charge is -2.35. The van der Waals surface area contributed by atoms with E-state index in [2.05, 4.69) is 5.32 Å². The molecule has 4 aromatic carbocycles. The van der Waals surface area contributed by atoms with E-state index >= 15 is 0 Å². The molecule has 0 aromatic heterocycles.